The Bertz CT molecular complexity index is 436. The maximum atomic E-state index is 11.2. The summed E-state index contributed by atoms with van der Waals surface area (Å²) in [6.07, 6.45) is 0. The van der Waals surface area contributed by atoms with E-state index in [2.05, 4.69) is 20.5 Å². The molecule has 2 rings (SSSR count). The second-order valence-corrected chi connectivity index (χ2v) is 3.90. The van der Waals surface area contributed by atoms with Crippen molar-refractivity contribution in [3.8, 4) is 0 Å². The van der Waals surface area contributed by atoms with E-state index in [9.17, 15) is 4.79 Å². The van der Waals surface area contributed by atoms with Gasteiger partial charge in [-0.15, -0.1) is 5.48 Å². The monoisotopic (exact) mass is 239 g/mol. The lowest BCUT2D eigenvalue weighted by molar-refractivity contribution is -0.143. The first-order valence-electron chi connectivity index (χ1n) is 4.79. The van der Waals surface area contributed by atoms with E-state index in [0.717, 1.165) is 0 Å². The Hall–Kier alpha value is -1.46. The largest absolute Gasteiger partial charge is 0.368 e. The lowest BCUT2D eigenvalue weighted by Gasteiger charge is -2.01. The highest BCUT2D eigenvalue weighted by molar-refractivity contribution is 6.30. The number of carbonyl (C=O) groups is 1. The van der Waals surface area contributed by atoms with Crippen LogP contribution in [-0.4, -0.2) is 18.1 Å². The van der Waals surface area contributed by atoms with Crippen LogP contribution in [0.2, 0.25) is 5.02 Å². The van der Waals surface area contributed by atoms with Crippen molar-refractivity contribution in [3.63, 3.8) is 0 Å². The number of halogens is 1. The first-order chi connectivity index (χ1) is 7.66. The molecule has 1 heterocycles. The Kier molecular flexibility index (Phi) is 3.17. The van der Waals surface area contributed by atoms with Crippen molar-refractivity contribution in [2.24, 2.45) is 10.2 Å². The van der Waals surface area contributed by atoms with Gasteiger partial charge in [-0.3, -0.25) is 0 Å². The molecule has 0 saturated carbocycles. The number of azo groups is 1. The second kappa shape index (κ2) is 4.59. The third kappa shape index (κ3) is 2.37. The molecule has 1 aliphatic rings. The molecule has 1 N–H and O–H groups in total. The predicted molar refractivity (Wildman–Crippen MR) is 58.4 cm³/mol. The molecule has 1 aromatic rings. The van der Waals surface area contributed by atoms with E-state index in [-0.39, 0.29) is 6.04 Å². The summed E-state index contributed by atoms with van der Waals surface area (Å²) in [7, 11) is 0. The minimum absolute atomic E-state index is 0.171. The molecule has 1 saturated heterocycles. The summed E-state index contributed by atoms with van der Waals surface area (Å²) in [6, 6.07) is 6.17. The van der Waals surface area contributed by atoms with E-state index in [0.29, 0.717) is 10.7 Å². The number of hydroxylamine groups is 1. The predicted octanol–water partition coefficient (Wildman–Crippen LogP) is 2.24. The van der Waals surface area contributed by atoms with E-state index in [1.54, 1.807) is 31.2 Å². The molecule has 1 aromatic carbocycles. The summed E-state index contributed by atoms with van der Waals surface area (Å²) in [4.78, 5) is 15.8. The summed E-state index contributed by atoms with van der Waals surface area (Å²) in [5.74, 6) is -0.418. The zero-order valence-corrected chi connectivity index (χ0v) is 9.31. The molecule has 2 atom stereocenters. The topological polar surface area (TPSA) is 63.0 Å². The highest BCUT2D eigenvalue weighted by Gasteiger charge is 2.34. The first kappa shape index (κ1) is 11.0. The van der Waals surface area contributed by atoms with Crippen molar-refractivity contribution in [1.82, 2.24) is 5.48 Å². The van der Waals surface area contributed by atoms with Gasteiger partial charge >= 0.3 is 5.97 Å². The van der Waals surface area contributed by atoms with E-state index in [4.69, 9.17) is 11.6 Å². The molecule has 0 aliphatic carbocycles. The number of nitrogens with one attached hydrogen (secondary N) is 1. The molecule has 0 amide bonds. The molecular weight excluding hydrogens is 230 g/mol. The summed E-state index contributed by atoms with van der Waals surface area (Å²) >= 11 is 5.79. The average Bonchev–Trinajstić information content (AvgIpc) is 2.56. The Morgan fingerprint density at radius 3 is 2.94 bits per heavy atom. The van der Waals surface area contributed by atoms with Crippen LogP contribution in [-0.2, 0) is 9.63 Å². The Balaban J connectivity index is 2.12. The number of carbonyl (C=O) groups excluding carboxylic acids is 1. The molecule has 0 spiro atoms. The summed E-state index contributed by atoms with van der Waals surface area (Å²) in [6.45, 7) is 1.80. The van der Waals surface area contributed by atoms with Crippen molar-refractivity contribution in [2.75, 3.05) is 0 Å². The Labute approximate surface area is 97.4 Å². The maximum Gasteiger partial charge on any atom is 0.353 e. The van der Waals surface area contributed by atoms with Crippen LogP contribution in [0.3, 0.4) is 0 Å². The third-order valence-electron chi connectivity index (χ3n) is 2.17. The number of hydrogen-bond donors (Lipinski definition) is 1. The van der Waals surface area contributed by atoms with Crippen molar-refractivity contribution in [1.29, 1.82) is 0 Å². The van der Waals surface area contributed by atoms with Gasteiger partial charge in [-0.2, -0.15) is 10.2 Å². The lowest BCUT2D eigenvalue weighted by Crippen LogP contribution is -2.26. The smallest absolute Gasteiger partial charge is 0.353 e. The minimum atomic E-state index is -0.598. The normalized spacial score (nSPS) is 25.0. The fourth-order valence-corrected chi connectivity index (χ4v) is 1.48. The Morgan fingerprint density at radius 1 is 1.50 bits per heavy atom. The van der Waals surface area contributed by atoms with Gasteiger partial charge in [0.25, 0.3) is 0 Å². The molecule has 16 heavy (non-hydrogen) atoms. The second-order valence-electron chi connectivity index (χ2n) is 3.47. The molecule has 1 fully saturated rings. The van der Waals surface area contributed by atoms with Gasteiger partial charge in [-0.25, -0.2) is 4.79 Å². The van der Waals surface area contributed by atoms with E-state index < -0.39 is 12.0 Å². The summed E-state index contributed by atoms with van der Waals surface area (Å²) in [5.41, 5.74) is 3.15. The molecule has 1 aliphatic heterocycles. The number of benzene rings is 1. The van der Waals surface area contributed by atoms with Gasteiger partial charge in [0.15, 0.2) is 6.04 Å². The standard InChI is InChI=1S/C10H10ClN3O2/c1-6-9(10(15)16-14-6)13-12-8-4-2-3-7(11)5-8/h2-6,9,14H,1H3/t6-,9-/m0/s1. The molecule has 5 nitrogen and oxygen atoms in total. The number of rotatable bonds is 2. The number of nitrogens with zero attached hydrogens (tertiary/aromatic N) is 2. The van der Waals surface area contributed by atoms with Crippen LogP contribution >= 0.6 is 11.6 Å². The highest BCUT2D eigenvalue weighted by Crippen LogP contribution is 2.19. The van der Waals surface area contributed by atoms with Crippen molar-refractivity contribution < 1.29 is 9.63 Å². The van der Waals surface area contributed by atoms with Crippen LogP contribution in [0.15, 0.2) is 34.5 Å². The highest BCUT2D eigenvalue weighted by atomic mass is 35.5. The average molecular weight is 240 g/mol. The van der Waals surface area contributed by atoms with Gasteiger partial charge in [0.05, 0.1) is 11.7 Å². The fraction of sp³-hybridized carbons (Fsp3) is 0.300. The van der Waals surface area contributed by atoms with E-state index in [1.807, 2.05) is 0 Å². The molecule has 0 bridgehead atoms. The first-order valence-corrected chi connectivity index (χ1v) is 5.17. The molecular formula is C10H10ClN3O2. The minimum Gasteiger partial charge on any atom is -0.368 e. The lowest BCUT2D eigenvalue weighted by atomic mass is 10.2. The Morgan fingerprint density at radius 2 is 2.31 bits per heavy atom. The zero-order chi connectivity index (χ0) is 11.5. The van der Waals surface area contributed by atoms with Crippen LogP contribution in [0.25, 0.3) is 0 Å². The maximum absolute atomic E-state index is 11.2. The van der Waals surface area contributed by atoms with Crippen molar-refractivity contribution in [3.05, 3.63) is 29.3 Å². The van der Waals surface area contributed by atoms with Gasteiger partial charge in [-0.05, 0) is 25.1 Å². The zero-order valence-electron chi connectivity index (χ0n) is 8.55. The van der Waals surface area contributed by atoms with E-state index >= 15 is 0 Å². The van der Waals surface area contributed by atoms with Gasteiger partial charge < -0.3 is 4.84 Å². The van der Waals surface area contributed by atoms with Gasteiger partial charge in [0.2, 0.25) is 0 Å². The van der Waals surface area contributed by atoms with Crippen LogP contribution in [0, 0.1) is 0 Å². The summed E-state index contributed by atoms with van der Waals surface area (Å²) in [5, 5.41) is 8.46. The van der Waals surface area contributed by atoms with Crippen molar-refractivity contribution >= 4 is 23.3 Å². The molecule has 84 valence electrons. The van der Waals surface area contributed by atoms with Gasteiger partial charge in [0, 0.05) is 5.02 Å². The summed E-state index contributed by atoms with van der Waals surface area (Å²) < 4.78 is 0. The molecule has 0 aromatic heterocycles. The van der Waals surface area contributed by atoms with Crippen LogP contribution in [0.1, 0.15) is 6.92 Å². The molecule has 0 radical (unpaired) electrons. The van der Waals surface area contributed by atoms with Gasteiger partial charge in [0.1, 0.15) is 0 Å². The fourth-order valence-electron chi connectivity index (χ4n) is 1.29. The third-order valence-corrected chi connectivity index (χ3v) is 2.40. The quantitative estimate of drug-likeness (QED) is 0.805. The van der Waals surface area contributed by atoms with Gasteiger partial charge in [-0.1, -0.05) is 17.7 Å². The van der Waals surface area contributed by atoms with Crippen molar-refractivity contribution in [2.45, 2.75) is 19.0 Å². The van der Waals surface area contributed by atoms with Crippen LogP contribution in [0.4, 0.5) is 5.69 Å². The SMILES string of the molecule is C[C@@H]1NOC(=O)[C@H]1N=Nc1cccc(Cl)c1. The molecule has 6 heteroatoms. The van der Waals surface area contributed by atoms with E-state index in [1.165, 1.54) is 0 Å². The van der Waals surface area contributed by atoms with Crippen LogP contribution < -0.4 is 5.48 Å². The van der Waals surface area contributed by atoms with Crippen LogP contribution in [0.5, 0.6) is 0 Å². The number of hydrogen-bond acceptors (Lipinski definition) is 5. The molecule has 0 unspecified atom stereocenters.